The van der Waals surface area contributed by atoms with Crippen LogP contribution in [0.5, 0.6) is 5.75 Å². The van der Waals surface area contributed by atoms with Gasteiger partial charge in [0.25, 0.3) is 5.91 Å². The fraction of sp³-hybridized carbons (Fsp3) is 0.423. The van der Waals surface area contributed by atoms with E-state index in [9.17, 15) is 4.79 Å². The van der Waals surface area contributed by atoms with Crippen molar-refractivity contribution in [3.05, 3.63) is 71.4 Å². The number of carbonyl (C=O) groups is 1. The third-order valence-electron chi connectivity index (χ3n) is 6.11. The van der Waals surface area contributed by atoms with E-state index < -0.39 is 6.10 Å². The summed E-state index contributed by atoms with van der Waals surface area (Å²) >= 11 is 0. The Balaban J connectivity index is 1.49. The number of furan rings is 2. The third-order valence-corrected chi connectivity index (χ3v) is 6.11. The van der Waals surface area contributed by atoms with Crippen molar-refractivity contribution in [2.45, 2.75) is 59.2 Å². The summed E-state index contributed by atoms with van der Waals surface area (Å²) in [6.45, 7) is 8.58. The zero-order chi connectivity index (χ0) is 22.5. The van der Waals surface area contributed by atoms with Crippen molar-refractivity contribution < 1.29 is 18.4 Å². The van der Waals surface area contributed by atoms with E-state index in [2.05, 4.69) is 4.90 Å². The number of piperidine rings is 1. The van der Waals surface area contributed by atoms with Crippen molar-refractivity contribution >= 4 is 11.8 Å². The second-order valence-corrected chi connectivity index (χ2v) is 8.52. The van der Waals surface area contributed by atoms with Crippen molar-refractivity contribution in [1.29, 1.82) is 0 Å². The molecule has 0 aliphatic carbocycles. The van der Waals surface area contributed by atoms with Crippen LogP contribution < -0.4 is 9.64 Å². The van der Waals surface area contributed by atoms with Crippen LogP contribution in [0.2, 0.25) is 0 Å². The largest absolute Gasteiger partial charge is 0.481 e. The van der Waals surface area contributed by atoms with E-state index in [0.29, 0.717) is 13.1 Å². The average molecular weight is 437 g/mol. The summed E-state index contributed by atoms with van der Waals surface area (Å²) in [6, 6.07) is 13.6. The zero-order valence-corrected chi connectivity index (χ0v) is 19.2. The predicted molar refractivity (Wildman–Crippen MR) is 124 cm³/mol. The normalized spacial score (nSPS) is 14.9. The van der Waals surface area contributed by atoms with Gasteiger partial charge in [-0.25, -0.2) is 0 Å². The second kappa shape index (κ2) is 9.98. The van der Waals surface area contributed by atoms with Gasteiger partial charge in [0.2, 0.25) is 0 Å². The summed E-state index contributed by atoms with van der Waals surface area (Å²) in [6.07, 6.45) is 4.63. The Labute approximate surface area is 189 Å². The number of hydrogen-bond acceptors (Lipinski definition) is 5. The van der Waals surface area contributed by atoms with Crippen molar-refractivity contribution in [3.63, 3.8) is 0 Å². The first-order valence-corrected chi connectivity index (χ1v) is 11.4. The maximum atomic E-state index is 13.4. The molecule has 1 atom stereocenters. The Bertz CT molecular complexity index is 1020. The average Bonchev–Trinajstić information content (AvgIpc) is 3.49. The minimum Gasteiger partial charge on any atom is -0.481 e. The summed E-state index contributed by atoms with van der Waals surface area (Å²) in [5.74, 6) is 2.97. The molecule has 4 rings (SSSR count). The molecule has 170 valence electrons. The number of aryl methyl sites for hydroxylation is 1. The van der Waals surface area contributed by atoms with E-state index in [1.54, 1.807) is 18.1 Å². The Morgan fingerprint density at radius 1 is 1.03 bits per heavy atom. The second-order valence-electron chi connectivity index (χ2n) is 8.52. The Morgan fingerprint density at radius 2 is 1.81 bits per heavy atom. The van der Waals surface area contributed by atoms with Gasteiger partial charge in [-0.2, -0.15) is 0 Å². The van der Waals surface area contributed by atoms with Gasteiger partial charge >= 0.3 is 0 Å². The lowest BCUT2D eigenvalue weighted by Crippen LogP contribution is -2.39. The Morgan fingerprint density at radius 3 is 2.56 bits per heavy atom. The van der Waals surface area contributed by atoms with Crippen LogP contribution in [0.25, 0.3) is 0 Å². The molecule has 1 unspecified atom stereocenters. The van der Waals surface area contributed by atoms with E-state index >= 15 is 0 Å². The Kier molecular flexibility index (Phi) is 6.88. The number of rotatable bonds is 8. The molecule has 3 heterocycles. The molecule has 6 nitrogen and oxygen atoms in total. The molecule has 3 aromatic rings. The molecule has 1 saturated heterocycles. The monoisotopic (exact) mass is 436 g/mol. The molecule has 0 spiro atoms. The van der Waals surface area contributed by atoms with E-state index in [1.165, 1.54) is 19.3 Å². The van der Waals surface area contributed by atoms with Crippen LogP contribution >= 0.6 is 0 Å². The van der Waals surface area contributed by atoms with Crippen LogP contribution in [-0.4, -0.2) is 30.0 Å². The van der Waals surface area contributed by atoms with Gasteiger partial charge in [0.15, 0.2) is 12.0 Å². The fourth-order valence-corrected chi connectivity index (χ4v) is 4.08. The van der Waals surface area contributed by atoms with Crippen molar-refractivity contribution in [2.75, 3.05) is 18.0 Å². The molecular formula is C26H32N2O4. The van der Waals surface area contributed by atoms with Gasteiger partial charge < -0.3 is 23.4 Å². The maximum absolute atomic E-state index is 13.4. The maximum Gasteiger partial charge on any atom is 0.264 e. The molecule has 0 bridgehead atoms. The van der Waals surface area contributed by atoms with Crippen LogP contribution in [0.15, 0.2) is 57.6 Å². The van der Waals surface area contributed by atoms with Crippen LogP contribution in [0, 0.1) is 13.8 Å². The standard InChI is InChI=1S/C26H32N2O4/c1-19-9-7-11-24(20(19)2)31-21(3)26(29)28(17-22-10-8-16-30-22)18-23-12-13-25(32-23)27-14-5-4-6-15-27/h7-13,16,21H,4-6,14-15,17-18H2,1-3H3. The first-order chi connectivity index (χ1) is 15.5. The molecule has 0 saturated carbocycles. The van der Waals surface area contributed by atoms with Crippen molar-refractivity contribution in [2.24, 2.45) is 0 Å². The predicted octanol–water partition coefficient (Wildman–Crippen LogP) is 5.48. The summed E-state index contributed by atoms with van der Waals surface area (Å²) in [5.41, 5.74) is 2.18. The van der Waals surface area contributed by atoms with E-state index in [0.717, 1.165) is 47.4 Å². The lowest BCUT2D eigenvalue weighted by atomic mass is 10.1. The highest BCUT2D eigenvalue weighted by Gasteiger charge is 2.25. The van der Waals surface area contributed by atoms with Gasteiger partial charge in [0, 0.05) is 19.2 Å². The highest BCUT2D eigenvalue weighted by molar-refractivity contribution is 5.81. The van der Waals surface area contributed by atoms with Gasteiger partial charge in [0.1, 0.15) is 17.3 Å². The zero-order valence-electron chi connectivity index (χ0n) is 19.2. The number of carbonyl (C=O) groups excluding carboxylic acids is 1. The van der Waals surface area contributed by atoms with Gasteiger partial charge in [0.05, 0.1) is 19.4 Å². The van der Waals surface area contributed by atoms with Gasteiger partial charge in [-0.1, -0.05) is 12.1 Å². The topological polar surface area (TPSA) is 59.1 Å². The lowest BCUT2D eigenvalue weighted by Gasteiger charge is -2.27. The number of hydrogen-bond donors (Lipinski definition) is 0. The van der Waals surface area contributed by atoms with Crippen molar-refractivity contribution in [1.82, 2.24) is 4.90 Å². The molecular weight excluding hydrogens is 404 g/mol. The van der Waals surface area contributed by atoms with Crippen LogP contribution in [0.1, 0.15) is 48.8 Å². The highest BCUT2D eigenvalue weighted by atomic mass is 16.5. The molecule has 1 amide bonds. The van der Waals surface area contributed by atoms with E-state index in [4.69, 9.17) is 13.6 Å². The molecule has 1 fully saturated rings. The Hall–Kier alpha value is -3.15. The molecule has 0 N–H and O–H groups in total. The van der Waals surface area contributed by atoms with Crippen LogP contribution in [0.3, 0.4) is 0 Å². The van der Waals surface area contributed by atoms with E-state index in [1.807, 2.05) is 56.3 Å². The van der Waals surface area contributed by atoms with Gasteiger partial charge in [-0.05, 0) is 75.4 Å². The summed E-state index contributed by atoms with van der Waals surface area (Å²) in [5, 5.41) is 0. The summed E-state index contributed by atoms with van der Waals surface area (Å²) in [7, 11) is 0. The molecule has 1 aromatic carbocycles. The molecule has 0 radical (unpaired) electrons. The van der Waals surface area contributed by atoms with Crippen LogP contribution in [-0.2, 0) is 17.9 Å². The first kappa shape index (κ1) is 22.1. The minimum absolute atomic E-state index is 0.113. The summed E-state index contributed by atoms with van der Waals surface area (Å²) in [4.78, 5) is 17.4. The quantitative estimate of drug-likeness (QED) is 0.468. The minimum atomic E-state index is -0.637. The number of nitrogens with zero attached hydrogens (tertiary/aromatic N) is 2. The van der Waals surface area contributed by atoms with Gasteiger partial charge in [-0.3, -0.25) is 4.79 Å². The fourth-order valence-electron chi connectivity index (χ4n) is 4.08. The number of ether oxygens (including phenoxy) is 1. The molecule has 2 aromatic heterocycles. The lowest BCUT2D eigenvalue weighted by molar-refractivity contribution is -0.139. The first-order valence-electron chi connectivity index (χ1n) is 11.4. The SMILES string of the molecule is Cc1cccc(OC(C)C(=O)N(Cc2ccco2)Cc2ccc(N3CCCCC3)o2)c1C. The van der Waals surface area contributed by atoms with Crippen LogP contribution in [0.4, 0.5) is 5.88 Å². The van der Waals surface area contributed by atoms with Crippen molar-refractivity contribution in [3.8, 4) is 5.75 Å². The number of anilines is 1. The molecule has 1 aliphatic rings. The third kappa shape index (κ3) is 5.18. The highest BCUT2D eigenvalue weighted by Crippen LogP contribution is 2.25. The number of amides is 1. The molecule has 6 heteroatoms. The van der Waals surface area contributed by atoms with E-state index in [-0.39, 0.29) is 5.91 Å². The molecule has 1 aliphatic heterocycles. The smallest absolute Gasteiger partial charge is 0.264 e. The summed E-state index contributed by atoms with van der Waals surface area (Å²) < 4.78 is 17.7. The molecule has 32 heavy (non-hydrogen) atoms. The number of benzene rings is 1. The van der Waals surface area contributed by atoms with Gasteiger partial charge in [-0.15, -0.1) is 0 Å².